The number of hydrogen-bond acceptors (Lipinski definition) is 2. The van der Waals surface area contributed by atoms with E-state index in [1.807, 2.05) is 13.8 Å². The Morgan fingerprint density at radius 1 is 1.07 bits per heavy atom. The summed E-state index contributed by atoms with van der Waals surface area (Å²) >= 11 is 3.66. The first-order valence-corrected chi connectivity index (χ1v) is 6.56. The molecular formula is C11H21BrO2. The zero-order valence-corrected chi connectivity index (χ0v) is 10.8. The number of rotatable bonds is 5. The Kier molecular flexibility index (Phi) is 6.06. The van der Waals surface area contributed by atoms with Crippen LogP contribution < -0.4 is 0 Å². The molecule has 3 heteroatoms. The molecule has 0 spiro atoms. The molecule has 0 atom stereocenters. The van der Waals surface area contributed by atoms with Gasteiger partial charge in [-0.2, -0.15) is 0 Å². The topological polar surface area (TPSA) is 18.5 Å². The zero-order valence-electron chi connectivity index (χ0n) is 9.17. The highest BCUT2D eigenvalue weighted by Crippen LogP contribution is 2.32. The van der Waals surface area contributed by atoms with Crippen LogP contribution in [0.4, 0.5) is 0 Å². The second-order valence-corrected chi connectivity index (χ2v) is 5.09. The van der Waals surface area contributed by atoms with Crippen molar-refractivity contribution in [2.24, 2.45) is 5.92 Å². The third-order valence-corrected chi connectivity index (χ3v) is 3.66. The maximum absolute atomic E-state index is 5.62. The van der Waals surface area contributed by atoms with Crippen LogP contribution in [0.2, 0.25) is 0 Å². The highest BCUT2D eigenvalue weighted by atomic mass is 79.9. The van der Waals surface area contributed by atoms with Gasteiger partial charge in [0.2, 0.25) is 0 Å². The minimum Gasteiger partial charge on any atom is -0.353 e. The van der Waals surface area contributed by atoms with Gasteiger partial charge < -0.3 is 9.47 Å². The van der Waals surface area contributed by atoms with Crippen molar-refractivity contribution in [2.75, 3.05) is 13.2 Å². The van der Waals surface area contributed by atoms with E-state index in [9.17, 15) is 0 Å². The van der Waals surface area contributed by atoms with Gasteiger partial charge in [-0.1, -0.05) is 15.9 Å². The Morgan fingerprint density at radius 3 is 2.00 bits per heavy atom. The number of alkyl halides is 1. The lowest BCUT2D eigenvalue weighted by molar-refractivity contribution is -0.172. The number of ether oxygens (including phenoxy) is 2. The van der Waals surface area contributed by atoms with E-state index < -0.39 is 0 Å². The SMILES string of the molecule is CCOC(OCC)C1CCC(Br)CC1. The number of halogens is 1. The first kappa shape index (κ1) is 12.5. The second kappa shape index (κ2) is 6.81. The number of hydrogen-bond donors (Lipinski definition) is 0. The molecule has 1 fully saturated rings. The average molecular weight is 265 g/mol. The van der Waals surface area contributed by atoms with Gasteiger partial charge in [-0.15, -0.1) is 0 Å². The van der Waals surface area contributed by atoms with Gasteiger partial charge in [0.15, 0.2) is 6.29 Å². The summed E-state index contributed by atoms with van der Waals surface area (Å²) in [5.74, 6) is 0.601. The molecule has 0 aliphatic heterocycles. The van der Waals surface area contributed by atoms with Crippen molar-refractivity contribution in [1.82, 2.24) is 0 Å². The largest absolute Gasteiger partial charge is 0.353 e. The third-order valence-electron chi connectivity index (χ3n) is 2.75. The van der Waals surface area contributed by atoms with Crippen LogP contribution in [-0.2, 0) is 9.47 Å². The zero-order chi connectivity index (χ0) is 10.4. The molecule has 0 heterocycles. The van der Waals surface area contributed by atoms with Crippen LogP contribution in [-0.4, -0.2) is 24.3 Å². The molecule has 0 aromatic rings. The van der Waals surface area contributed by atoms with Crippen molar-refractivity contribution < 1.29 is 9.47 Å². The van der Waals surface area contributed by atoms with E-state index in [-0.39, 0.29) is 6.29 Å². The monoisotopic (exact) mass is 264 g/mol. The summed E-state index contributed by atoms with van der Waals surface area (Å²) in [5, 5.41) is 0. The van der Waals surface area contributed by atoms with E-state index in [0.29, 0.717) is 10.7 Å². The van der Waals surface area contributed by atoms with Crippen molar-refractivity contribution in [3.05, 3.63) is 0 Å². The molecule has 0 radical (unpaired) electrons. The molecule has 0 aromatic carbocycles. The standard InChI is InChI=1S/C11H21BrO2/c1-3-13-11(14-4-2)9-5-7-10(12)8-6-9/h9-11H,3-8H2,1-2H3. The van der Waals surface area contributed by atoms with E-state index in [1.165, 1.54) is 25.7 Å². The Bertz CT molecular complexity index is 138. The van der Waals surface area contributed by atoms with Crippen molar-refractivity contribution in [2.45, 2.75) is 50.6 Å². The Morgan fingerprint density at radius 2 is 1.57 bits per heavy atom. The lowest BCUT2D eigenvalue weighted by Gasteiger charge is -2.31. The molecule has 1 aliphatic carbocycles. The molecule has 0 aromatic heterocycles. The van der Waals surface area contributed by atoms with E-state index in [1.54, 1.807) is 0 Å². The Balaban J connectivity index is 2.34. The average Bonchev–Trinajstić information content (AvgIpc) is 2.19. The van der Waals surface area contributed by atoms with Crippen molar-refractivity contribution in [1.29, 1.82) is 0 Å². The lowest BCUT2D eigenvalue weighted by atomic mass is 9.88. The van der Waals surface area contributed by atoms with Gasteiger partial charge in [0.25, 0.3) is 0 Å². The first-order chi connectivity index (χ1) is 6.77. The molecule has 2 nitrogen and oxygen atoms in total. The fourth-order valence-corrected chi connectivity index (χ4v) is 2.53. The van der Waals surface area contributed by atoms with Gasteiger partial charge in [0, 0.05) is 24.0 Å². The summed E-state index contributed by atoms with van der Waals surface area (Å²) in [5.41, 5.74) is 0. The van der Waals surface area contributed by atoms with E-state index in [0.717, 1.165) is 13.2 Å². The van der Waals surface area contributed by atoms with Crippen LogP contribution in [0.5, 0.6) is 0 Å². The third kappa shape index (κ3) is 3.87. The Labute approximate surface area is 95.5 Å². The van der Waals surface area contributed by atoms with Crippen LogP contribution in [0.3, 0.4) is 0 Å². The fourth-order valence-electron chi connectivity index (χ4n) is 2.00. The lowest BCUT2D eigenvalue weighted by Crippen LogP contribution is -2.30. The quantitative estimate of drug-likeness (QED) is 0.560. The van der Waals surface area contributed by atoms with Crippen LogP contribution in [0, 0.1) is 5.92 Å². The van der Waals surface area contributed by atoms with E-state index >= 15 is 0 Å². The highest BCUT2D eigenvalue weighted by molar-refractivity contribution is 9.09. The molecule has 1 aliphatic rings. The van der Waals surface area contributed by atoms with Gasteiger partial charge in [-0.05, 0) is 39.5 Å². The minimum absolute atomic E-state index is 0.0324. The minimum atomic E-state index is 0.0324. The predicted octanol–water partition coefficient (Wildman–Crippen LogP) is 3.34. The molecule has 0 saturated heterocycles. The van der Waals surface area contributed by atoms with Gasteiger partial charge in [0.05, 0.1) is 0 Å². The summed E-state index contributed by atoms with van der Waals surface area (Å²) < 4.78 is 11.2. The van der Waals surface area contributed by atoms with E-state index in [4.69, 9.17) is 9.47 Å². The van der Waals surface area contributed by atoms with Crippen molar-refractivity contribution in [3.63, 3.8) is 0 Å². The van der Waals surface area contributed by atoms with Crippen molar-refractivity contribution >= 4 is 15.9 Å². The summed E-state index contributed by atoms with van der Waals surface area (Å²) in [6, 6.07) is 0. The van der Waals surface area contributed by atoms with Crippen LogP contribution in [0.15, 0.2) is 0 Å². The van der Waals surface area contributed by atoms with Crippen LogP contribution in [0.1, 0.15) is 39.5 Å². The summed E-state index contributed by atoms with van der Waals surface area (Å²) in [6.45, 7) is 5.56. The maximum atomic E-state index is 5.62. The second-order valence-electron chi connectivity index (χ2n) is 3.79. The van der Waals surface area contributed by atoms with Crippen molar-refractivity contribution in [3.8, 4) is 0 Å². The summed E-state index contributed by atoms with van der Waals surface area (Å²) in [4.78, 5) is 0.711. The van der Waals surface area contributed by atoms with E-state index in [2.05, 4.69) is 15.9 Å². The molecule has 0 bridgehead atoms. The molecule has 1 rings (SSSR count). The normalized spacial score (nSPS) is 28.3. The van der Waals surface area contributed by atoms with Gasteiger partial charge in [0.1, 0.15) is 0 Å². The summed E-state index contributed by atoms with van der Waals surface area (Å²) in [7, 11) is 0. The molecule has 0 amide bonds. The van der Waals surface area contributed by atoms with Gasteiger partial charge in [-0.25, -0.2) is 0 Å². The molecular weight excluding hydrogens is 244 g/mol. The van der Waals surface area contributed by atoms with Crippen LogP contribution >= 0.6 is 15.9 Å². The highest BCUT2D eigenvalue weighted by Gasteiger charge is 2.27. The predicted molar refractivity (Wildman–Crippen MR) is 61.7 cm³/mol. The fraction of sp³-hybridized carbons (Fsp3) is 1.00. The van der Waals surface area contributed by atoms with Gasteiger partial charge >= 0.3 is 0 Å². The molecule has 14 heavy (non-hydrogen) atoms. The Hall–Kier alpha value is 0.400. The molecule has 84 valence electrons. The first-order valence-electron chi connectivity index (χ1n) is 5.65. The maximum Gasteiger partial charge on any atom is 0.160 e. The van der Waals surface area contributed by atoms with Gasteiger partial charge in [-0.3, -0.25) is 0 Å². The molecule has 0 N–H and O–H groups in total. The van der Waals surface area contributed by atoms with Crippen LogP contribution in [0.25, 0.3) is 0 Å². The molecule has 1 saturated carbocycles. The smallest absolute Gasteiger partial charge is 0.160 e. The molecule has 0 unspecified atom stereocenters. The summed E-state index contributed by atoms with van der Waals surface area (Å²) in [6.07, 6.45) is 4.98.